The minimum absolute atomic E-state index is 0.0146. The highest BCUT2D eigenvalue weighted by Gasteiger charge is 2.41. The van der Waals surface area contributed by atoms with Gasteiger partial charge in [-0.1, -0.05) is 69.7 Å². The maximum atomic E-state index is 12.7. The normalized spacial score (nSPS) is 21.7. The van der Waals surface area contributed by atoms with Gasteiger partial charge in [0.2, 0.25) is 0 Å². The molecular weight excluding hydrogens is 478 g/mol. The summed E-state index contributed by atoms with van der Waals surface area (Å²) in [6, 6.07) is 8.75. The first-order valence-corrected chi connectivity index (χ1v) is 14.0. The predicted molar refractivity (Wildman–Crippen MR) is 150 cm³/mol. The minimum atomic E-state index is -0.589. The molecule has 3 aliphatic rings. The number of unbranched alkanes of at least 4 members (excludes halogenated alkanes) is 1. The fourth-order valence-electron chi connectivity index (χ4n) is 5.51. The quantitative estimate of drug-likeness (QED) is 0.396. The van der Waals surface area contributed by atoms with Crippen LogP contribution in [0, 0.1) is 11.3 Å². The summed E-state index contributed by atoms with van der Waals surface area (Å²) in [5.41, 5.74) is 6.23. The summed E-state index contributed by atoms with van der Waals surface area (Å²) >= 11 is 1.40. The molecule has 5 nitrogen and oxygen atoms in total. The zero-order chi connectivity index (χ0) is 26.0. The fourth-order valence-corrected chi connectivity index (χ4v) is 6.53. The summed E-state index contributed by atoms with van der Waals surface area (Å²) in [5, 5.41) is 9.81. The molecule has 0 saturated carbocycles. The van der Waals surface area contributed by atoms with Crippen molar-refractivity contribution in [2.75, 3.05) is 18.1 Å². The van der Waals surface area contributed by atoms with Gasteiger partial charge in [-0.2, -0.15) is 5.26 Å². The number of carbonyl (C=O) groups is 1. The van der Waals surface area contributed by atoms with Gasteiger partial charge in [0, 0.05) is 29.3 Å². The number of thiazole rings is 1. The summed E-state index contributed by atoms with van der Waals surface area (Å²) < 4.78 is 6.76. The van der Waals surface area contributed by atoms with Gasteiger partial charge in [-0.05, 0) is 49.0 Å². The number of rotatable bonds is 6. The van der Waals surface area contributed by atoms with E-state index in [1.54, 1.807) is 0 Å². The van der Waals surface area contributed by atoms with Crippen LogP contribution < -0.4 is 14.1 Å². The van der Waals surface area contributed by atoms with Crippen molar-refractivity contribution < 1.29 is 9.53 Å². The van der Waals surface area contributed by atoms with Crippen molar-refractivity contribution in [3.05, 3.63) is 80.3 Å². The van der Waals surface area contributed by atoms with E-state index in [0.29, 0.717) is 11.3 Å². The van der Waals surface area contributed by atoms with Crippen molar-refractivity contribution >= 4 is 34.6 Å². The maximum Gasteiger partial charge on any atom is 0.352 e. The van der Waals surface area contributed by atoms with Gasteiger partial charge in [-0.3, -0.25) is 0 Å². The smallest absolute Gasteiger partial charge is 0.352 e. The Morgan fingerprint density at radius 1 is 1.32 bits per heavy atom. The molecule has 0 radical (unpaired) electrons. The standard InChI is InChI=1S/C31H33N3O2S/c1-4-5-19-36-30(35)23(20-32)29-33-27(21-11-7-6-8-12-21)25(37-29)16-17-26-31(2,3)24-15-9-13-22-14-10-18-34(26)28(22)24/h6-9,11,13,15-17,21H,4-5,10,12,14,18-19H2,1-3H3/b25-16+,26-17-,29-23-. The number of aryl methyl sites for hydroxylation is 1. The second kappa shape index (κ2) is 10.5. The Balaban J connectivity index is 1.62. The largest absolute Gasteiger partial charge is 0.461 e. The summed E-state index contributed by atoms with van der Waals surface area (Å²) in [7, 11) is 0. The molecule has 2 aromatic rings. The molecule has 1 atom stereocenters. The zero-order valence-corrected chi connectivity index (χ0v) is 22.6. The van der Waals surface area contributed by atoms with Gasteiger partial charge in [-0.15, -0.1) is 11.3 Å². The number of carbonyl (C=O) groups excluding carboxylic acids is 1. The molecule has 3 heterocycles. The Hall–Kier alpha value is -3.43. The number of ether oxygens (including phenoxy) is 1. The lowest BCUT2D eigenvalue weighted by atomic mass is 9.83. The van der Waals surface area contributed by atoms with Crippen LogP contribution in [0.15, 0.2) is 54.3 Å². The molecule has 0 amide bonds. The van der Waals surface area contributed by atoms with Crippen LogP contribution in [-0.2, 0) is 21.4 Å². The Kier molecular flexibility index (Phi) is 7.17. The number of benzene rings is 1. The van der Waals surface area contributed by atoms with Crippen molar-refractivity contribution in [1.29, 1.82) is 5.26 Å². The molecule has 1 unspecified atom stereocenters. The molecule has 6 heteroatoms. The number of nitriles is 1. The fraction of sp³-hybridized carbons (Fsp3) is 0.387. The topological polar surface area (TPSA) is 66.2 Å². The van der Waals surface area contributed by atoms with Crippen LogP contribution in [-0.4, -0.2) is 24.1 Å². The second-order valence-electron chi connectivity index (χ2n) is 10.3. The van der Waals surface area contributed by atoms with E-state index in [1.807, 2.05) is 19.1 Å². The SMILES string of the molecule is CCCCOC(=O)/C(C#N)=c1/nc(C2C=CC=CC2)/c(=C\C=C2/N3CCCc4cccc(c43)C2(C)C)s1. The summed E-state index contributed by atoms with van der Waals surface area (Å²) in [6.45, 7) is 7.95. The average molecular weight is 512 g/mol. The number of esters is 1. The molecule has 190 valence electrons. The average Bonchev–Trinajstić information content (AvgIpc) is 3.42. The number of anilines is 1. The lowest BCUT2D eigenvalue weighted by Crippen LogP contribution is -2.29. The van der Waals surface area contributed by atoms with Gasteiger partial charge < -0.3 is 9.64 Å². The van der Waals surface area contributed by atoms with Gasteiger partial charge in [0.1, 0.15) is 10.7 Å². The van der Waals surface area contributed by atoms with Crippen LogP contribution in [0.3, 0.4) is 0 Å². The van der Waals surface area contributed by atoms with Gasteiger partial charge >= 0.3 is 5.97 Å². The first-order chi connectivity index (χ1) is 18.0. The molecule has 1 aromatic carbocycles. The van der Waals surface area contributed by atoms with E-state index in [1.165, 1.54) is 33.8 Å². The highest BCUT2D eigenvalue weighted by molar-refractivity contribution is 7.07. The second-order valence-corrected chi connectivity index (χ2v) is 11.3. The van der Waals surface area contributed by atoms with Crippen LogP contribution in [0.2, 0.25) is 0 Å². The number of aromatic nitrogens is 1. The van der Waals surface area contributed by atoms with E-state index < -0.39 is 5.97 Å². The number of hydrogen-bond acceptors (Lipinski definition) is 6. The lowest BCUT2D eigenvalue weighted by Gasteiger charge is -2.30. The minimum Gasteiger partial charge on any atom is -0.461 e. The van der Waals surface area contributed by atoms with Crippen molar-refractivity contribution in [1.82, 2.24) is 4.98 Å². The Morgan fingerprint density at radius 2 is 2.19 bits per heavy atom. The predicted octanol–water partition coefficient (Wildman–Crippen LogP) is 5.17. The molecule has 0 bridgehead atoms. The first-order valence-electron chi connectivity index (χ1n) is 13.2. The van der Waals surface area contributed by atoms with Crippen LogP contribution in [0.4, 0.5) is 5.69 Å². The summed E-state index contributed by atoms with van der Waals surface area (Å²) in [4.78, 5) is 20.0. The van der Waals surface area contributed by atoms with E-state index >= 15 is 0 Å². The molecule has 1 aromatic heterocycles. The molecule has 0 saturated heterocycles. The number of hydrogen-bond donors (Lipinski definition) is 0. The van der Waals surface area contributed by atoms with E-state index in [0.717, 1.165) is 48.9 Å². The molecule has 0 fully saturated rings. The van der Waals surface area contributed by atoms with Gasteiger partial charge in [-0.25, -0.2) is 9.78 Å². The van der Waals surface area contributed by atoms with Gasteiger partial charge in [0.05, 0.1) is 16.8 Å². The van der Waals surface area contributed by atoms with Crippen LogP contribution in [0.25, 0.3) is 11.6 Å². The van der Waals surface area contributed by atoms with Crippen LogP contribution >= 0.6 is 11.3 Å². The maximum absolute atomic E-state index is 12.7. The third kappa shape index (κ3) is 4.69. The van der Waals surface area contributed by atoms with Crippen LogP contribution in [0.1, 0.15) is 69.2 Å². The van der Waals surface area contributed by atoms with Gasteiger partial charge in [0.25, 0.3) is 0 Å². The van der Waals surface area contributed by atoms with Gasteiger partial charge in [0.15, 0.2) is 5.57 Å². The van der Waals surface area contributed by atoms with E-state index in [4.69, 9.17) is 9.72 Å². The Morgan fingerprint density at radius 3 is 2.95 bits per heavy atom. The molecule has 0 spiro atoms. The molecular formula is C31H33N3O2S. The molecule has 2 aliphatic heterocycles. The van der Waals surface area contributed by atoms with E-state index in [-0.39, 0.29) is 16.9 Å². The van der Waals surface area contributed by atoms with E-state index in [2.05, 4.69) is 67.3 Å². The van der Waals surface area contributed by atoms with E-state index in [9.17, 15) is 10.1 Å². The highest BCUT2D eigenvalue weighted by Crippen LogP contribution is 2.50. The van der Waals surface area contributed by atoms with Crippen molar-refractivity contribution in [3.8, 4) is 6.07 Å². The molecule has 1 aliphatic carbocycles. The van der Waals surface area contributed by atoms with Crippen LogP contribution in [0.5, 0.6) is 0 Å². The Bertz CT molecular complexity index is 1470. The van der Waals surface area contributed by atoms with Crippen molar-refractivity contribution in [3.63, 3.8) is 0 Å². The third-order valence-electron chi connectivity index (χ3n) is 7.49. The zero-order valence-electron chi connectivity index (χ0n) is 21.8. The number of nitrogens with zero attached hydrogens (tertiary/aromatic N) is 3. The molecule has 37 heavy (non-hydrogen) atoms. The lowest BCUT2D eigenvalue weighted by molar-refractivity contribution is -0.136. The third-order valence-corrected chi connectivity index (χ3v) is 8.54. The summed E-state index contributed by atoms with van der Waals surface area (Å²) in [6.07, 6.45) is 17.5. The molecule has 5 rings (SSSR count). The monoisotopic (exact) mass is 511 g/mol. The van der Waals surface area contributed by atoms with Crippen molar-refractivity contribution in [2.45, 2.75) is 64.2 Å². The highest BCUT2D eigenvalue weighted by atomic mass is 32.1. The number of para-hydroxylation sites is 1. The molecule has 0 N–H and O–H groups in total. The van der Waals surface area contributed by atoms with Crippen molar-refractivity contribution in [2.24, 2.45) is 0 Å². The first kappa shape index (κ1) is 25.2. The number of allylic oxidation sites excluding steroid dienone is 6. The Labute approximate surface area is 222 Å². The summed E-state index contributed by atoms with van der Waals surface area (Å²) in [5.74, 6) is -0.487.